The Labute approximate surface area is 177 Å². The number of Topliss-reactive ketones (excluding diaryl/α,β-unsaturated/α-hetero) is 1. The van der Waals surface area contributed by atoms with Gasteiger partial charge in [-0.05, 0) is 24.4 Å². The first kappa shape index (κ1) is 20.2. The Hall–Kier alpha value is -2.10. The first-order chi connectivity index (χ1) is 14.0. The number of nitrogens with one attached hydrogen (secondary N) is 1. The second kappa shape index (κ2) is 8.73. The summed E-state index contributed by atoms with van der Waals surface area (Å²) in [5, 5.41) is 5.03. The van der Waals surface area contributed by atoms with Gasteiger partial charge >= 0.3 is 0 Å². The molecule has 2 aliphatic rings. The van der Waals surface area contributed by atoms with Gasteiger partial charge in [0.2, 0.25) is 5.91 Å². The number of aromatic nitrogens is 1. The fourth-order valence-electron chi connectivity index (χ4n) is 3.89. The van der Waals surface area contributed by atoms with Crippen LogP contribution in [0.5, 0.6) is 0 Å². The molecule has 1 N–H and O–H groups in total. The van der Waals surface area contributed by atoms with E-state index in [1.54, 1.807) is 6.07 Å². The van der Waals surface area contributed by atoms with Gasteiger partial charge in [0, 0.05) is 39.0 Å². The van der Waals surface area contributed by atoms with Crippen LogP contribution in [0.15, 0.2) is 17.5 Å². The monoisotopic (exact) mass is 432 g/mol. The summed E-state index contributed by atoms with van der Waals surface area (Å²) in [6, 6.07) is 3.56. The molecule has 0 spiro atoms. The van der Waals surface area contributed by atoms with Crippen LogP contribution < -0.4 is 5.32 Å². The van der Waals surface area contributed by atoms with E-state index in [1.807, 2.05) is 16.3 Å². The number of piperazine rings is 1. The van der Waals surface area contributed by atoms with E-state index in [4.69, 9.17) is 0 Å². The van der Waals surface area contributed by atoms with Crippen LogP contribution >= 0.6 is 22.7 Å². The van der Waals surface area contributed by atoms with Crippen LogP contribution in [-0.4, -0.2) is 65.1 Å². The summed E-state index contributed by atoms with van der Waals surface area (Å²) in [4.78, 5) is 47.7. The lowest BCUT2D eigenvalue weighted by molar-refractivity contribution is -0.137. The zero-order valence-electron chi connectivity index (χ0n) is 16.3. The molecule has 7 nitrogen and oxygen atoms in total. The highest BCUT2D eigenvalue weighted by Gasteiger charge is 2.36. The summed E-state index contributed by atoms with van der Waals surface area (Å²) in [6.45, 7) is 6.44. The maximum absolute atomic E-state index is 13.0. The minimum absolute atomic E-state index is 0.0525. The Bertz CT molecular complexity index is 901. The number of hydrogen-bond acceptors (Lipinski definition) is 7. The van der Waals surface area contributed by atoms with Crippen molar-refractivity contribution in [2.24, 2.45) is 5.92 Å². The van der Waals surface area contributed by atoms with Crippen molar-refractivity contribution in [2.45, 2.75) is 26.2 Å². The van der Waals surface area contributed by atoms with E-state index >= 15 is 0 Å². The van der Waals surface area contributed by atoms with Crippen molar-refractivity contribution in [1.29, 1.82) is 0 Å². The van der Waals surface area contributed by atoms with Crippen LogP contribution in [0.25, 0.3) is 0 Å². The molecule has 0 saturated carbocycles. The average molecular weight is 433 g/mol. The van der Waals surface area contributed by atoms with Crippen LogP contribution in [0, 0.1) is 5.92 Å². The summed E-state index contributed by atoms with van der Waals surface area (Å²) < 4.78 is 0. The number of anilines is 1. The van der Waals surface area contributed by atoms with Gasteiger partial charge in [-0.1, -0.05) is 24.3 Å². The number of hydrogen-bond donors (Lipinski definition) is 1. The molecule has 9 heteroatoms. The van der Waals surface area contributed by atoms with Crippen LogP contribution in [0.2, 0.25) is 0 Å². The van der Waals surface area contributed by atoms with E-state index in [9.17, 15) is 14.4 Å². The molecule has 2 aromatic heterocycles. The Morgan fingerprint density at radius 1 is 1.24 bits per heavy atom. The Balaban J connectivity index is 1.40. The van der Waals surface area contributed by atoms with Crippen LogP contribution in [-0.2, 0) is 11.2 Å². The summed E-state index contributed by atoms with van der Waals surface area (Å²) in [7, 11) is 0. The van der Waals surface area contributed by atoms with Crippen molar-refractivity contribution in [3.05, 3.63) is 33.0 Å². The van der Waals surface area contributed by atoms with E-state index in [1.165, 1.54) is 22.7 Å². The van der Waals surface area contributed by atoms with E-state index in [0.29, 0.717) is 27.0 Å². The highest BCUT2D eigenvalue weighted by molar-refractivity contribution is 7.18. The lowest BCUT2D eigenvalue weighted by atomic mass is 9.88. The van der Waals surface area contributed by atoms with E-state index in [0.717, 1.165) is 39.1 Å². The van der Waals surface area contributed by atoms with Crippen LogP contribution in [0.3, 0.4) is 0 Å². The molecule has 1 atom stereocenters. The zero-order chi connectivity index (χ0) is 20.4. The Morgan fingerprint density at radius 2 is 2.03 bits per heavy atom. The summed E-state index contributed by atoms with van der Waals surface area (Å²) >= 11 is 2.56. The third-order valence-electron chi connectivity index (χ3n) is 5.36. The summed E-state index contributed by atoms with van der Waals surface area (Å²) in [5.41, 5.74) is 0.635. The first-order valence-electron chi connectivity index (χ1n) is 9.94. The minimum Gasteiger partial charge on any atom is -0.340 e. The molecule has 1 aliphatic heterocycles. The van der Waals surface area contributed by atoms with Gasteiger partial charge in [-0.15, -0.1) is 11.3 Å². The molecule has 1 saturated heterocycles. The van der Waals surface area contributed by atoms with Gasteiger partial charge in [-0.2, -0.15) is 0 Å². The highest BCUT2D eigenvalue weighted by Crippen LogP contribution is 2.33. The molecule has 3 heterocycles. The standard InChI is InChI=1S/C20H24N4O3S2/c1-2-5-23-6-8-24(9-7-23)19(27)13-11-14-17(15(25)12-13)29-20(21-14)22-18(26)16-4-3-10-28-16/h3-4,10,13H,2,5-9,11-12H2,1H3,(H,21,22,26)/t13-/m1/s1. The molecular formula is C20H24N4O3S2. The first-order valence-corrected chi connectivity index (χ1v) is 11.6. The van der Waals surface area contributed by atoms with Crippen molar-refractivity contribution in [1.82, 2.24) is 14.8 Å². The molecule has 0 aromatic carbocycles. The number of thiazole rings is 1. The van der Waals surface area contributed by atoms with Crippen molar-refractivity contribution in [3.8, 4) is 0 Å². The molecule has 4 rings (SSSR count). The smallest absolute Gasteiger partial charge is 0.267 e. The molecular weight excluding hydrogens is 408 g/mol. The number of rotatable bonds is 5. The van der Waals surface area contributed by atoms with Gasteiger partial charge in [0.1, 0.15) is 0 Å². The number of carbonyl (C=O) groups is 3. The predicted octanol–water partition coefficient (Wildman–Crippen LogP) is 2.76. The predicted molar refractivity (Wildman–Crippen MR) is 114 cm³/mol. The van der Waals surface area contributed by atoms with Gasteiger partial charge < -0.3 is 4.90 Å². The average Bonchev–Trinajstić information content (AvgIpc) is 3.38. The largest absolute Gasteiger partial charge is 0.340 e. The third kappa shape index (κ3) is 4.41. The molecule has 1 aliphatic carbocycles. The highest BCUT2D eigenvalue weighted by atomic mass is 32.1. The molecule has 154 valence electrons. The second-order valence-corrected chi connectivity index (χ2v) is 9.37. The number of nitrogens with zero attached hydrogens (tertiary/aromatic N) is 3. The fourth-order valence-corrected chi connectivity index (χ4v) is 5.45. The number of thiophene rings is 1. The maximum Gasteiger partial charge on any atom is 0.267 e. The number of ketones is 1. The Kier molecular flexibility index (Phi) is 6.07. The molecule has 2 aromatic rings. The topological polar surface area (TPSA) is 82.6 Å². The molecule has 0 unspecified atom stereocenters. The number of carbonyl (C=O) groups excluding carboxylic acids is 3. The molecule has 29 heavy (non-hydrogen) atoms. The summed E-state index contributed by atoms with van der Waals surface area (Å²) in [6.07, 6.45) is 1.80. The third-order valence-corrected chi connectivity index (χ3v) is 7.28. The maximum atomic E-state index is 13.0. The van der Waals surface area contributed by atoms with Crippen molar-refractivity contribution < 1.29 is 14.4 Å². The SMILES string of the molecule is CCCN1CCN(C(=O)[C@H]2CC(=O)c3sc(NC(=O)c4cccs4)nc3C2)CC1. The van der Waals surface area contributed by atoms with Crippen LogP contribution in [0.1, 0.15) is 44.8 Å². The van der Waals surface area contributed by atoms with E-state index in [-0.39, 0.29) is 29.9 Å². The quantitative estimate of drug-likeness (QED) is 0.786. The summed E-state index contributed by atoms with van der Waals surface area (Å²) in [5.74, 6) is -0.576. The van der Waals surface area contributed by atoms with Gasteiger partial charge in [-0.3, -0.25) is 24.6 Å². The molecule has 1 fully saturated rings. The molecule has 2 amide bonds. The number of amides is 2. The second-order valence-electron chi connectivity index (χ2n) is 7.42. The van der Waals surface area contributed by atoms with Gasteiger partial charge in [0.05, 0.1) is 21.4 Å². The van der Waals surface area contributed by atoms with Gasteiger partial charge in [0.25, 0.3) is 5.91 Å². The van der Waals surface area contributed by atoms with Gasteiger partial charge in [0.15, 0.2) is 10.9 Å². The number of fused-ring (bicyclic) bond motifs is 1. The van der Waals surface area contributed by atoms with Gasteiger partial charge in [-0.25, -0.2) is 4.98 Å². The Morgan fingerprint density at radius 3 is 2.72 bits per heavy atom. The lowest BCUT2D eigenvalue weighted by Gasteiger charge is -2.36. The van der Waals surface area contributed by atoms with Crippen molar-refractivity contribution in [2.75, 3.05) is 38.0 Å². The lowest BCUT2D eigenvalue weighted by Crippen LogP contribution is -2.51. The fraction of sp³-hybridized carbons (Fsp3) is 0.500. The normalized spacial score (nSPS) is 19.8. The van der Waals surface area contributed by atoms with Crippen LogP contribution in [0.4, 0.5) is 5.13 Å². The van der Waals surface area contributed by atoms with Crippen molar-refractivity contribution in [3.63, 3.8) is 0 Å². The minimum atomic E-state index is -0.351. The van der Waals surface area contributed by atoms with E-state index in [2.05, 4.69) is 22.1 Å². The molecule has 0 bridgehead atoms. The van der Waals surface area contributed by atoms with Crippen molar-refractivity contribution >= 4 is 45.4 Å². The molecule has 0 radical (unpaired) electrons. The van der Waals surface area contributed by atoms with E-state index < -0.39 is 0 Å². The zero-order valence-corrected chi connectivity index (χ0v) is 18.0.